The van der Waals surface area contributed by atoms with Crippen molar-refractivity contribution in [3.63, 3.8) is 0 Å². The van der Waals surface area contributed by atoms with Gasteiger partial charge >= 0.3 is 0 Å². The summed E-state index contributed by atoms with van der Waals surface area (Å²) in [6, 6.07) is 13.9. The Balaban J connectivity index is 2.26. The Labute approximate surface area is 123 Å². The van der Waals surface area contributed by atoms with E-state index in [1.54, 1.807) is 13.3 Å². The van der Waals surface area contributed by atoms with Gasteiger partial charge in [-0.2, -0.15) is 0 Å². The molecule has 1 heterocycles. The Morgan fingerprint density at radius 3 is 2.48 bits per heavy atom. The summed E-state index contributed by atoms with van der Waals surface area (Å²) in [6.07, 6.45) is 2.56. The fourth-order valence-electron chi connectivity index (χ4n) is 2.47. The summed E-state index contributed by atoms with van der Waals surface area (Å²) in [5.74, 6) is 0.816. The fraction of sp³-hybridized carbons (Fsp3) is 0.111. The highest BCUT2D eigenvalue weighted by molar-refractivity contribution is 6.03. The number of ether oxygens (including phenoxy) is 1. The Morgan fingerprint density at radius 2 is 1.81 bits per heavy atom. The lowest BCUT2D eigenvalue weighted by atomic mass is 9.98. The van der Waals surface area contributed by atoms with Gasteiger partial charge in [-0.3, -0.25) is 9.78 Å². The summed E-state index contributed by atoms with van der Waals surface area (Å²) in [4.78, 5) is 15.4. The molecule has 0 saturated carbocycles. The first-order valence-corrected chi connectivity index (χ1v) is 6.72. The maximum Gasteiger partial charge on any atom is 0.169 e. The zero-order chi connectivity index (χ0) is 14.8. The molecule has 2 aromatic carbocycles. The lowest BCUT2D eigenvalue weighted by Gasteiger charge is -2.09. The Hall–Kier alpha value is -2.68. The Kier molecular flexibility index (Phi) is 3.40. The second kappa shape index (κ2) is 5.37. The van der Waals surface area contributed by atoms with Crippen LogP contribution in [0.25, 0.3) is 21.9 Å². The topological polar surface area (TPSA) is 39.2 Å². The monoisotopic (exact) mass is 277 g/mol. The van der Waals surface area contributed by atoms with Gasteiger partial charge in [0.25, 0.3) is 0 Å². The molecule has 3 rings (SSSR count). The van der Waals surface area contributed by atoms with E-state index in [1.165, 1.54) is 0 Å². The van der Waals surface area contributed by atoms with Crippen molar-refractivity contribution in [3.8, 4) is 16.9 Å². The number of aryl methyl sites for hydroxylation is 1. The smallest absolute Gasteiger partial charge is 0.169 e. The van der Waals surface area contributed by atoms with Crippen LogP contribution in [0.1, 0.15) is 16.1 Å². The van der Waals surface area contributed by atoms with Crippen LogP contribution >= 0.6 is 0 Å². The predicted octanol–water partition coefficient (Wildman–Crippen LogP) is 4.03. The predicted molar refractivity (Wildman–Crippen MR) is 83.9 cm³/mol. The van der Waals surface area contributed by atoms with Crippen molar-refractivity contribution in [3.05, 3.63) is 59.9 Å². The van der Waals surface area contributed by atoms with E-state index in [-0.39, 0.29) is 0 Å². The van der Waals surface area contributed by atoms with Gasteiger partial charge in [-0.25, -0.2) is 0 Å². The zero-order valence-electron chi connectivity index (χ0n) is 12.0. The Bertz CT molecular complexity index is 807. The van der Waals surface area contributed by atoms with E-state index >= 15 is 0 Å². The average molecular weight is 277 g/mol. The second-order valence-corrected chi connectivity index (χ2v) is 4.95. The van der Waals surface area contributed by atoms with Crippen molar-refractivity contribution in [1.82, 2.24) is 4.98 Å². The number of rotatable bonds is 3. The summed E-state index contributed by atoms with van der Waals surface area (Å²) in [5.41, 5.74) is 3.70. The minimum absolute atomic E-state index is 0.474. The summed E-state index contributed by atoms with van der Waals surface area (Å²) in [5, 5.41) is 1.92. The van der Waals surface area contributed by atoms with Crippen LogP contribution in [-0.2, 0) is 0 Å². The van der Waals surface area contributed by atoms with Crippen molar-refractivity contribution < 1.29 is 9.53 Å². The molecule has 0 aliphatic rings. The maximum atomic E-state index is 11.2. The van der Waals surface area contributed by atoms with Gasteiger partial charge < -0.3 is 4.74 Å². The van der Waals surface area contributed by atoms with Crippen LogP contribution in [0.15, 0.2) is 48.7 Å². The summed E-state index contributed by atoms with van der Waals surface area (Å²) in [7, 11) is 1.65. The molecular formula is C18H15NO2. The lowest BCUT2D eigenvalue weighted by Crippen LogP contribution is -1.92. The molecule has 0 amide bonds. The molecule has 0 unspecified atom stereocenters. The first-order chi connectivity index (χ1) is 10.2. The van der Waals surface area contributed by atoms with Crippen molar-refractivity contribution in [2.75, 3.05) is 7.11 Å². The summed E-state index contributed by atoms with van der Waals surface area (Å²) < 4.78 is 5.19. The highest BCUT2D eigenvalue weighted by Gasteiger charge is 2.09. The Morgan fingerprint density at radius 1 is 1.05 bits per heavy atom. The van der Waals surface area contributed by atoms with E-state index in [2.05, 4.69) is 11.1 Å². The lowest BCUT2D eigenvalue weighted by molar-refractivity contribution is 0.112. The molecule has 0 aliphatic carbocycles. The van der Waals surface area contributed by atoms with Crippen LogP contribution in [-0.4, -0.2) is 18.4 Å². The van der Waals surface area contributed by atoms with Crippen LogP contribution in [0.5, 0.6) is 5.75 Å². The first-order valence-electron chi connectivity index (χ1n) is 6.72. The average Bonchev–Trinajstić information content (AvgIpc) is 2.53. The number of nitrogens with zero attached hydrogens (tertiary/aromatic N) is 1. The molecule has 0 spiro atoms. The van der Waals surface area contributed by atoms with Crippen molar-refractivity contribution in [1.29, 1.82) is 0 Å². The van der Waals surface area contributed by atoms with Crippen molar-refractivity contribution in [2.24, 2.45) is 0 Å². The molecular weight excluding hydrogens is 262 g/mol. The van der Waals surface area contributed by atoms with E-state index in [1.807, 2.05) is 43.3 Å². The molecule has 0 bridgehead atoms. The number of pyridine rings is 1. The number of hydrogen-bond donors (Lipinski definition) is 0. The molecule has 21 heavy (non-hydrogen) atoms. The van der Waals surface area contributed by atoms with Gasteiger partial charge in [0.2, 0.25) is 0 Å². The molecule has 0 atom stereocenters. The number of fused-ring (bicyclic) bond motifs is 1. The van der Waals surface area contributed by atoms with Gasteiger partial charge in [0.15, 0.2) is 6.29 Å². The fourth-order valence-corrected chi connectivity index (χ4v) is 2.47. The molecule has 1 aromatic heterocycles. The third-order valence-corrected chi connectivity index (χ3v) is 3.59. The number of carbonyl (C=O) groups is 1. The largest absolute Gasteiger partial charge is 0.497 e. The normalized spacial score (nSPS) is 10.6. The van der Waals surface area contributed by atoms with E-state index in [9.17, 15) is 4.79 Å². The summed E-state index contributed by atoms with van der Waals surface area (Å²) >= 11 is 0. The molecule has 3 nitrogen and oxygen atoms in total. The van der Waals surface area contributed by atoms with Gasteiger partial charge in [0, 0.05) is 17.1 Å². The second-order valence-electron chi connectivity index (χ2n) is 4.95. The van der Waals surface area contributed by atoms with Crippen LogP contribution in [0, 0.1) is 6.92 Å². The molecule has 3 heteroatoms. The molecule has 0 fully saturated rings. The number of hydrogen-bond acceptors (Lipinski definition) is 3. The molecule has 3 aromatic rings. The number of aldehydes is 1. The van der Waals surface area contributed by atoms with Gasteiger partial charge in [-0.15, -0.1) is 0 Å². The molecule has 0 aliphatic heterocycles. The third-order valence-electron chi connectivity index (χ3n) is 3.59. The number of aromatic nitrogens is 1. The van der Waals surface area contributed by atoms with Gasteiger partial charge in [-0.05, 0) is 30.0 Å². The van der Waals surface area contributed by atoms with Crippen molar-refractivity contribution in [2.45, 2.75) is 6.92 Å². The highest BCUT2D eigenvalue weighted by Crippen LogP contribution is 2.30. The van der Waals surface area contributed by atoms with Crippen molar-refractivity contribution >= 4 is 17.1 Å². The van der Waals surface area contributed by atoms with Gasteiger partial charge in [0.05, 0.1) is 7.11 Å². The van der Waals surface area contributed by atoms with E-state index in [4.69, 9.17) is 4.74 Å². The first kappa shape index (κ1) is 13.3. The zero-order valence-corrected chi connectivity index (χ0v) is 12.0. The van der Waals surface area contributed by atoms with Gasteiger partial charge in [0.1, 0.15) is 11.4 Å². The van der Waals surface area contributed by atoms with E-state index in [0.717, 1.165) is 39.5 Å². The molecule has 0 saturated heterocycles. The van der Waals surface area contributed by atoms with E-state index < -0.39 is 0 Å². The molecule has 104 valence electrons. The number of methoxy groups -OCH3 is 1. The van der Waals surface area contributed by atoms with Crippen LogP contribution in [0.4, 0.5) is 0 Å². The number of benzene rings is 2. The quantitative estimate of drug-likeness (QED) is 0.678. The summed E-state index contributed by atoms with van der Waals surface area (Å²) in [6.45, 7) is 2.04. The standard InChI is InChI=1S/C18H15NO2/c1-12-3-8-15-16(9-12)17(10-19-18(15)11-20)13-4-6-14(21-2)7-5-13/h3-11H,1-2H3. The maximum absolute atomic E-state index is 11.2. The minimum atomic E-state index is 0.474. The highest BCUT2D eigenvalue weighted by atomic mass is 16.5. The van der Waals surface area contributed by atoms with Crippen LogP contribution in [0.2, 0.25) is 0 Å². The minimum Gasteiger partial charge on any atom is -0.497 e. The third kappa shape index (κ3) is 2.38. The van der Waals surface area contributed by atoms with Crippen LogP contribution in [0.3, 0.4) is 0 Å². The van der Waals surface area contributed by atoms with Gasteiger partial charge in [-0.1, -0.05) is 35.9 Å². The molecule has 0 radical (unpaired) electrons. The number of carbonyl (C=O) groups excluding carboxylic acids is 1. The SMILES string of the molecule is COc1ccc(-c2cnc(C=O)c3ccc(C)cc23)cc1. The molecule has 0 N–H and O–H groups in total. The van der Waals surface area contributed by atoms with E-state index in [0.29, 0.717) is 5.69 Å². The van der Waals surface area contributed by atoms with Crippen LogP contribution < -0.4 is 4.74 Å².